The van der Waals surface area contributed by atoms with E-state index in [1.54, 1.807) is 26.0 Å². The molecule has 0 aliphatic heterocycles. The normalized spacial score (nSPS) is 10.7. The molecule has 0 amide bonds. The lowest BCUT2D eigenvalue weighted by Gasteiger charge is -2.12. The average molecular weight is 406 g/mol. The molecule has 0 unspecified atom stereocenters. The molecule has 1 aromatic heterocycles. The molecule has 0 spiro atoms. The maximum absolute atomic E-state index is 5.71. The van der Waals surface area contributed by atoms with Crippen molar-refractivity contribution >= 4 is 27.7 Å². The smallest absolute Gasteiger partial charge is 0.182 e. The number of benzene rings is 2. The minimum absolute atomic E-state index is 0.633. The lowest BCUT2D eigenvalue weighted by molar-refractivity contribution is 0.353. The molecule has 0 aliphatic carbocycles. The van der Waals surface area contributed by atoms with E-state index in [9.17, 15) is 0 Å². The van der Waals surface area contributed by atoms with Gasteiger partial charge in [-0.3, -0.25) is 0 Å². The van der Waals surface area contributed by atoms with Crippen molar-refractivity contribution in [3.8, 4) is 34.1 Å². The zero-order chi connectivity index (χ0) is 17.1. The Hall–Kier alpha value is -1.92. The molecule has 0 atom stereocenters. The highest BCUT2D eigenvalue weighted by atomic mass is 79.9. The molecular weight excluding hydrogens is 390 g/mol. The molecular formula is C18H16BrNO3S. The van der Waals surface area contributed by atoms with Gasteiger partial charge in [-0.15, -0.1) is 11.8 Å². The first kappa shape index (κ1) is 16.9. The van der Waals surface area contributed by atoms with Gasteiger partial charge < -0.3 is 13.9 Å². The molecule has 0 saturated carbocycles. The van der Waals surface area contributed by atoms with E-state index in [-0.39, 0.29) is 0 Å². The Morgan fingerprint density at radius 2 is 1.92 bits per heavy atom. The van der Waals surface area contributed by atoms with Crippen LogP contribution in [0.2, 0.25) is 0 Å². The van der Waals surface area contributed by atoms with Gasteiger partial charge in [-0.2, -0.15) is 0 Å². The third-order valence-corrected chi connectivity index (χ3v) is 5.01. The molecule has 0 saturated heterocycles. The highest BCUT2D eigenvalue weighted by Gasteiger charge is 2.19. The molecule has 6 heteroatoms. The van der Waals surface area contributed by atoms with E-state index in [2.05, 4.69) is 27.0 Å². The number of oxazole rings is 1. The predicted molar refractivity (Wildman–Crippen MR) is 100.0 cm³/mol. The monoisotopic (exact) mass is 405 g/mol. The Morgan fingerprint density at radius 3 is 2.62 bits per heavy atom. The van der Waals surface area contributed by atoms with Crippen LogP contribution >= 0.6 is 27.7 Å². The fourth-order valence-electron chi connectivity index (χ4n) is 2.53. The highest BCUT2D eigenvalue weighted by Crippen LogP contribution is 2.42. The second kappa shape index (κ2) is 7.32. The first-order chi connectivity index (χ1) is 11.7. The van der Waals surface area contributed by atoms with Crippen LogP contribution in [0.4, 0.5) is 0 Å². The molecule has 3 aromatic rings. The fraction of sp³-hybridized carbons (Fsp3) is 0.167. The SMILES string of the molecule is COc1cc(-c2ncoc2-c2ccccc2SC)cc(Br)c1OC. The van der Waals surface area contributed by atoms with Gasteiger partial charge in [0.15, 0.2) is 23.7 Å². The summed E-state index contributed by atoms with van der Waals surface area (Å²) in [5.41, 5.74) is 2.67. The lowest BCUT2D eigenvalue weighted by atomic mass is 10.1. The molecule has 24 heavy (non-hydrogen) atoms. The van der Waals surface area contributed by atoms with E-state index in [0.717, 1.165) is 31.9 Å². The van der Waals surface area contributed by atoms with Gasteiger partial charge in [-0.05, 0) is 40.4 Å². The Morgan fingerprint density at radius 1 is 1.12 bits per heavy atom. The summed E-state index contributed by atoms with van der Waals surface area (Å²) in [4.78, 5) is 5.55. The van der Waals surface area contributed by atoms with Crippen molar-refractivity contribution in [1.82, 2.24) is 4.98 Å². The Kier molecular flexibility index (Phi) is 5.16. The van der Waals surface area contributed by atoms with Crippen LogP contribution in [0.1, 0.15) is 0 Å². The molecule has 0 N–H and O–H groups in total. The van der Waals surface area contributed by atoms with Gasteiger partial charge in [0.1, 0.15) is 5.69 Å². The number of hydrogen-bond donors (Lipinski definition) is 0. The van der Waals surface area contributed by atoms with E-state index in [0.29, 0.717) is 11.5 Å². The number of thioether (sulfide) groups is 1. The predicted octanol–water partition coefficient (Wildman–Crippen LogP) is 5.51. The molecule has 2 aromatic carbocycles. The molecule has 1 heterocycles. The molecule has 0 radical (unpaired) electrons. The summed E-state index contributed by atoms with van der Waals surface area (Å²) in [6, 6.07) is 11.9. The summed E-state index contributed by atoms with van der Waals surface area (Å²) < 4.78 is 17.3. The molecule has 0 bridgehead atoms. The van der Waals surface area contributed by atoms with Gasteiger partial charge in [0.05, 0.1) is 18.7 Å². The third-order valence-electron chi connectivity index (χ3n) is 3.63. The number of nitrogens with zero attached hydrogens (tertiary/aromatic N) is 1. The largest absolute Gasteiger partial charge is 0.493 e. The summed E-state index contributed by atoms with van der Waals surface area (Å²) in [5, 5.41) is 0. The van der Waals surface area contributed by atoms with Crippen LogP contribution in [0.25, 0.3) is 22.6 Å². The minimum Gasteiger partial charge on any atom is -0.493 e. The first-order valence-electron chi connectivity index (χ1n) is 7.18. The van der Waals surface area contributed by atoms with Crippen LogP contribution in [0.5, 0.6) is 11.5 Å². The number of hydrogen-bond acceptors (Lipinski definition) is 5. The minimum atomic E-state index is 0.633. The molecule has 4 nitrogen and oxygen atoms in total. The Labute approximate surface area is 153 Å². The van der Waals surface area contributed by atoms with Crippen molar-refractivity contribution in [1.29, 1.82) is 0 Å². The summed E-state index contributed by atoms with van der Waals surface area (Å²) in [5.74, 6) is 2.02. The summed E-state index contributed by atoms with van der Waals surface area (Å²) in [6.45, 7) is 0. The Bertz CT molecular complexity index is 863. The lowest BCUT2D eigenvalue weighted by Crippen LogP contribution is -1.93. The topological polar surface area (TPSA) is 44.5 Å². The molecule has 124 valence electrons. The standard InChI is InChI=1S/C18H16BrNO3S/c1-21-14-9-11(8-13(19)18(14)22-2)16-17(23-10-20-16)12-6-4-5-7-15(12)24-3/h4-10H,1-3H3. The van der Waals surface area contributed by atoms with Crippen LogP contribution in [0, 0.1) is 0 Å². The van der Waals surface area contributed by atoms with Crippen molar-refractivity contribution in [2.24, 2.45) is 0 Å². The van der Waals surface area contributed by atoms with Crippen LogP contribution in [0.15, 0.2) is 56.6 Å². The second-order valence-electron chi connectivity index (χ2n) is 4.92. The number of methoxy groups -OCH3 is 2. The van der Waals surface area contributed by atoms with Gasteiger partial charge >= 0.3 is 0 Å². The third kappa shape index (κ3) is 3.03. The van der Waals surface area contributed by atoms with Gasteiger partial charge in [0, 0.05) is 16.0 Å². The van der Waals surface area contributed by atoms with E-state index < -0.39 is 0 Å². The van der Waals surface area contributed by atoms with Crippen LogP contribution in [0.3, 0.4) is 0 Å². The van der Waals surface area contributed by atoms with Crippen molar-refractivity contribution < 1.29 is 13.9 Å². The van der Waals surface area contributed by atoms with Crippen LogP contribution in [-0.2, 0) is 0 Å². The van der Waals surface area contributed by atoms with Gasteiger partial charge in [-0.25, -0.2) is 4.98 Å². The summed E-state index contributed by atoms with van der Waals surface area (Å²) in [7, 11) is 3.22. The second-order valence-corrected chi connectivity index (χ2v) is 6.63. The number of aromatic nitrogens is 1. The maximum atomic E-state index is 5.71. The zero-order valence-corrected chi connectivity index (χ0v) is 15.9. The van der Waals surface area contributed by atoms with Gasteiger partial charge in [-0.1, -0.05) is 18.2 Å². The van der Waals surface area contributed by atoms with Crippen molar-refractivity contribution in [2.45, 2.75) is 4.90 Å². The maximum Gasteiger partial charge on any atom is 0.182 e. The van der Waals surface area contributed by atoms with E-state index in [4.69, 9.17) is 13.9 Å². The highest BCUT2D eigenvalue weighted by molar-refractivity contribution is 9.10. The van der Waals surface area contributed by atoms with Crippen LogP contribution < -0.4 is 9.47 Å². The average Bonchev–Trinajstić information content (AvgIpc) is 3.10. The number of ether oxygens (including phenoxy) is 2. The van der Waals surface area contributed by atoms with E-state index in [1.165, 1.54) is 6.39 Å². The van der Waals surface area contributed by atoms with Crippen LogP contribution in [-0.4, -0.2) is 25.5 Å². The van der Waals surface area contributed by atoms with Crippen molar-refractivity contribution in [2.75, 3.05) is 20.5 Å². The quantitative estimate of drug-likeness (QED) is 0.523. The molecule has 0 fully saturated rings. The zero-order valence-electron chi connectivity index (χ0n) is 13.5. The Balaban J connectivity index is 2.16. The van der Waals surface area contributed by atoms with E-state index >= 15 is 0 Å². The fourth-order valence-corrected chi connectivity index (χ4v) is 3.73. The van der Waals surface area contributed by atoms with Crippen molar-refractivity contribution in [3.05, 3.63) is 47.3 Å². The first-order valence-corrected chi connectivity index (χ1v) is 9.20. The van der Waals surface area contributed by atoms with E-state index in [1.807, 2.05) is 36.6 Å². The van der Waals surface area contributed by atoms with Gasteiger partial charge in [0.25, 0.3) is 0 Å². The summed E-state index contributed by atoms with van der Waals surface area (Å²) >= 11 is 5.20. The van der Waals surface area contributed by atoms with Gasteiger partial charge in [0.2, 0.25) is 0 Å². The molecule has 0 aliphatic rings. The summed E-state index contributed by atoms with van der Waals surface area (Å²) in [6.07, 6.45) is 3.51. The number of rotatable bonds is 5. The molecule has 3 rings (SSSR count). The number of halogens is 1. The van der Waals surface area contributed by atoms with Crippen molar-refractivity contribution in [3.63, 3.8) is 0 Å².